The van der Waals surface area contributed by atoms with Crippen LogP contribution in [-0.4, -0.2) is 42.0 Å². The summed E-state index contributed by atoms with van der Waals surface area (Å²) in [6.45, 7) is 4.06. The van der Waals surface area contributed by atoms with Gasteiger partial charge in [0.15, 0.2) is 0 Å². The minimum Gasteiger partial charge on any atom is -0.340 e. The van der Waals surface area contributed by atoms with Gasteiger partial charge in [0.1, 0.15) is 0 Å². The van der Waals surface area contributed by atoms with Crippen LogP contribution in [0.15, 0.2) is 4.99 Å². The Kier molecular flexibility index (Phi) is 1.27. The molecule has 2 N–H and O–H groups in total. The molecular weight excluding hydrogens is 128 g/mol. The van der Waals surface area contributed by atoms with Crippen molar-refractivity contribution >= 4 is 5.96 Å². The maximum absolute atomic E-state index is 5.65. The predicted octanol–water partition coefficient (Wildman–Crippen LogP) is -0.763. The number of hydrazine groups is 1. The van der Waals surface area contributed by atoms with Crippen molar-refractivity contribution in [3.63, 3.8) is 0 Å². The maximum atomic E-state index is 5.65. The molecule has 4 heteroatoms. The summed E-state index contributed by atoms with van der Waals surface area (Å²) in [6, 6.07) is 0. The van der Waals surface area contributed by atoms with E-state index in [-0.39, 0.29) is 0 Å². The molecule has 1 fully saturated rings. The lowest BCUT2D eigenvalue weighted by Crippen LogP contribution is -2.40. The van der Waals surface area contributed by atoms with Gasteiger partial charge in [-0.25, -0.2) is 5.84 Å². The quantitative estimate of drug-likeness (QED) is 0.450. The molecule has 2 heterocycles. The maximum Gasteiger partial charge on any atom is 0.211 e. The summed E-state index contributed by atoms with van der Waals surface area (Å²) < 4.78 is 0. The predicted molar refractivity (Wildman–Crippen MR) is 39.4 cm³/mol. The molecular formula is C6H12N4. The first-order valence-corrected chi connectivity index (χ1v) is 3.69. The third-order valence-electron chi connectivity index (χ3n) is 1.99. The largest absolute Gasteiger partial charge is 0.340 e. The third-order valence-corrected chi connectivity index (χ3v) is 1.99. The van der Waals surface area contributed by atoms with Crippen LogP contribution in [0, 0.1) is 0 Å². The van der Waals surface area contributed by atoms with Crippen molar-refractivity contribution in [3.8, 4) is 0 Å². The second-order valence-corrected chi connectivity index (χ2v) is 2.72. The highest BCUT2D eigenvalue weighted by Crippen LogP contribution is 2.09. The normalized spacial score (nSPS) is 24.7. The average Bonchev–Trinajstić information content (AvgIpc) is 2.34. The molecule has 2 aliphatic rings. The Bertz CT molecular complexity index is 165. The van der Waals surface area contributed by atoms with Gasteiger partial charge >= 0.3 is 0 Å². The smallest absolute Gasteiger partial charge is 0.211 e. The Hall–Kier alpha value is -0.770. The van der Waals surface area contributed by atoms with Gasteiger partial charge in [0.25, 0.3) is 0 Å². The van der Waals surface area contributed by atoms with Crippen molar-refractivity contribution in [3.05, 3.63) is 0 Å². The number of guanidine groups is 1. The molecule has 0 unspecified atom stereocenters. The number of hydrogen-bond acceptors (Lipinski definition) is 4. The third kappa shape index (κ3) is 0.759. The minimum absolute atomic E-state index is 0.929. The van der Waals surface area contributed by atoms with Gasteiger partial charge in [-0.15, -0.1) is 0 Å². The summed E-state index contributed by atoms with van der Waals surface area (Å²) in [5.74, 6) is 6.64. The molecule has 0 atom stereocenters. The highest BCUT2D eigenvalue weighted by Gasteiger charge is 2.25. The van der Waals surface area contributed by atoms with Crippen LogP contribution in [0.4, 0.5) is 0 Å². The molecule has 0 aromatic carbocycles. The summed E-state index contributed by atoms with van der Waals surface area (Å²) >= 11 is 0. The Morgan fingerprint density at radius 1 is 1.30 bits per heavy atom. The molecule has 2 rings (SSSR count). The molecule has 0 aromatic rings. The molecule has 0 saturated carbocycles. The molecule has 0 amide bonds. The number of aliphatic imine (C=N–C) groups is 1. The Labute approximate surface area is 60.3 Å². The van der Waals surface area contributed by atoms with E-state index >= 15 is 0 Å². The molecule has 0 radical (unpaired) electrons. The van der Waals surface area contributed by atoms with E-state index < -0.39 is 0 Å². The molecule has 0 spiro atoms. The first kappa shape index (κ1) is 5.97. The first-order valence-electron chi connectivity index (χ1n) is 3.69. The zero-order chi connectivity index (χ0) is 6.97. The van der Waals surface area contributed by atoms with E-state index in [1.54, 1.807) is 5.01 Å². The molecule has 56 valence electrons. The van der Waals surface area contributed by atoms with Gasteiger partial charge in [-0.2, -0.15) is 0 Å². The number of rotatable bonds is 0. The monoisotopic (exact) mass is 140 g/mol. The topological polar surface area (TPSA) is 44.9 Å². The second-order valence-electron chi connectivity index (χ2n) is 2.72. The standard InChI is InChI=1S/C6H12N4/c7-10-5-4-9-3-1-2-8-6(9)10/h1-5,7H2. The van der Waals surface area contributed by atoms with E-state index in [4.69, 9.17) is 5.84 Å². The minimum atomic E-state index is 0.929. The van der Waals surface area contributed by atoms with Crippen molar-refractivity contribution in [1.82, 2.24) is 9.91 Å². The van der Waals surface area contributed by atoms with Gasteiger partial charge in [0.2, 0.25) is 5.96 Å². The fourth-order valence-electron chi connectivity index (χ4n) is 1.45. The van der Waals surface area contributed by atoms with E-state index in [2.05, 4.69) is 9.89 Å². The van der Waals surface area contributed by atoms with E-state index in [9.17, 15) is 0 Å². The molecule has 0 aromatic heterocycles. The summed E-state index contributed by atoms with van der Waals surface area (Å²) in [7, 11) is 0. The first-order chi connectivity index (χ1) is 4.88. The molecule has 0 aliphatic carbocycles. The highest BCUT2D eigenvalue weighted by molar-refractivity contribution is 5.81. The zero-order valence-corrected chi connectivity index (χ0v) is 5.95. The number of fused-ring (bicyclic) bond motifs is 1. The average molecular weight is 140 g/mol. The Balaban J connectivity index is 2.19. The van der Waals surface area contributed by atoms with Crippen LogP contribution < -0.4 is 5.84 Å². The van der Waals surface area contributed by atoms with Crippen molar-refractivity contribution in [2.45, 2.75) is 6.42 Å². The summed E-state index contributed by atoms with van der Waals surface area (Å²) in [5.41, 5.74) is 0. The summed E-state index contributed by atoms with van der Waals surface area (Å²) in [6.07, 6.45) is 1.18. The van der Waals surface area contributed by atoms with Crippen LogP contribution in [0.3, 0.4) is 0 Å². The Morgan fingerprint density at radius 2 is 2.20 bits per heavy atom. The van der Waals surface area contributed by atoms with E-state index in [1.807, 2.05) is 0 Å². The van der Waals surface area contributed by atoms with Gasteiger partial charge in [0.05, 0.1) is 6.54 Å². The van der Waals surface area contributed by atoms with Crippen LogP contribution in [-0.2, 0) is 0 Å². The van der Waals surface area contributed by atoms with E-state index in [0.717, 1.165) is 32.1 Å². The van der Waals surface area contributed by atoms with Crippen LogP contribution in [0.2, 0.25) is 0 Å². The Morgan fingerprint density at radius 3 is 3.00 bits per heavy atom. The van der Waals surface area contributed by atoms with Crippen LogP contribution in [0.25, 0.3) is 0 Å². The van der Waals surface area contributed by atoms with E-state index in [1.165, 1.54) is 6.42 Å². The number of nitrogens with two attached hydrogens (primary N) is 1. The fourth-order valence-corrected chi connectivity index (χ4v) is 1.45. The molecule has 10 heavy (non-hydrogen) atoms. The van der Waals surface area contributed by atoms with Crippen molar-refractivity contribution in [2.24, 2.45) is 10.8 Å². The van der Waals surface area contributed by atoms with Crippen molar-refractivity contribution in [2.75, 3.05) is 26.2 Å². The van der Waals surface area contributed by atoms with Gasteiger partial charge in [0, 0.05) is 19.6 Å². The van der Waals surface area contributed by atoms with Crippen molar-refractivity contribution < 1.29 is 0 Å². The van der Waals surface area contributed by atoms with E-state index in [0.29, 0.717) is 0 Å². The lowest BCUT2D eigenvalue weighted by atomic mass is 10.3. The lowest BCUT2D eigenvalue weighted by molar-refractivity contribution is 0.430. The van der Waals surface area contributed by atoms with Gasteiger partial charge in [-0.05, 0) is 6.42 Å². The second kappa shape index (κ2) is 2.12. The summed E-state index contributed by atoms with van der Waals surface area (Å²) in [5, 5.41) is 1.74. The molecule has 2 aliphatic heterocycles. The number of nitrogens with zero attached hydrogens (tertiary/aromatic N) is 3. The molecule has 4 nitrogen and oxygen atoms in total. The van der Waals surface area contributed by atoms with Gasteiger partial charge < -0.3 is 4.90 Å². The van der Waals surface area contributed by atoms with Gasteiger partial charge in [-0.1, -0.05) is 0 Å². The lowest BCUT2D eigenvalue weighted by Gasteiger charge is -2.23. The SMILES string of the molecule is NN1CCN2CCCN=C12. The van der Waals surface area contributed by atoms with Crippen LogP contribution in [0.1, 0.15) is 6.42 Å². The summed E-state index contributed by atoms with van der Waals surface area (Å²) in [4.78, 5) is 6.56. The number of hydrogen-bond donors (Lipinski definition) is 1. The highest BCUT2D eigenvalue weighted by atomic mass is 15.6. The fraction of sp³-hybridized carbons (Fsp3) is 0.833. The van der Waals surface area contributed by atoms with Gasteiger partial charge in [-0.3, -0.25) is 10.0 Å². The molecule has 1 saturated heterocycles. The molecule has 0 bridgehead atoms. The zero-order valence-electron chi connectivity index (χ0n) is 5.95. The van der Waals surface area contributed by atoms with Crippen molar-refractivity contribution in [1.29, 1.82) is 0 Å². The van der Waals surface area contributed by atoms with Crippen LogP contribution in [0.5, 0.6) is 0 Å². The van der Waals surface area contributed by atoms with Crippen LogP contribution >= 0.6 is 0 Å².